The van der Waals surface area contributed by atoms with Crippen LogP contribution in [0.4, 0.5) is 10.2 Å². The second kappa shape index (κ2) is 9.52. The van der Waals surface area contributed by atoms with Crippen molar-refractivity contribution in [2.45, 2.75) is 38.6 Å². The largest absolute Gasteiger partial charge is 0.392 e. The van der Waals surface area contributed by atoms with Crippen LogP contribution in [0.2, 0.25) is 0 Å². The number of hydrogen-bond donors (Lipinski definition) is 4. The summed E-state index contributed by atoms with van der Waals surface area (Å²) in [6, 6.07) is 15.3. The summed E-state index contributed by atoms with van der Waals surface area (Å²) in [5, 5.41) is 23.5. The molecular formula is C27H26FN7O. The Morgan fingerprint density at radius 2 is 1.97 bits per heavy atom. The van der Waals surface area contributed by atoms with Crippen molar-refractivity contribution in [2.75, 3.05) is 5.32 Å². The molecule has 5 aromatic rings. The molecule has 0 radical (unpaired) electrons. The maximum absolute atomic E-state index is 15.0. The lowest BCUT2D eigenvalue weighted by atomic mass is 10.1. The maximum atomic E-state index is 15.0. The van der Waals surface area contributed by atoms with Gasteiger partial charge in [-0.05, 0) is 30.5 Å². The van der Waals surface area contributed by atoms with E-state index in [2.05, 4.69) is 25.8 Å². The van der Waals surface area contributed by atoms with Gasteiger partial charge >= 0.3 is 0 Å². The van der Waals surface area contributed by atoms with Crippen LogP contribution >= 0.6 is 0 Å². The summed E-state index contributed by atoms with van der Waals surface area (Å²) in [5.41, 5.74) is 5.91. The van der Waals surface area contributed by atoms with Crippen LogP contribution in [-0.4, -0.2) is 35.7 Å². The number of aliphatic hydroxyl groups is 1. The summed E-state index contributed by atoms with van der Waals surface area (Å²) in [7, 11) is 0. The lowest BCUT2D eigenvalue weighted by Crippen LogP contribution is -2.16. The molecule has 182 valence electrons. The summed E-state index contributed by atoms with van der Waals surface area (Å²) in [6.07, 6.45) is 7.63. The average molecular weight is 484 g/mol. The quantitative estimate of drug-likeness (QED) is 0.250. The van der Waals surface area contributed by atoms with E-state index in [9.17, 15) is 9.50 Å². The van der Waals surface area contributed by atoms with Crippen molar-refractivity contribution in [1.29, 1.82) is 0 Å². The number of hydrogen-bond acceptors (Lipinski definition) is 6. The van der Waals surface area contributed by atoms with Crippen molar-refractivity contribution in [2.24, 2.45) is 0 Å². The number of benzene rings is 2. The molecule has 0 atom stereocenters. The topological polar surface area (TPSA) is 103 Å². The third-order valence-electron chi connectivity index (χ3n) is 6.47. The molecule has 1 aliphatic rings. The number of aromatic nitrogens is 5. The highest BCUT2D eigenvalue weighted by molar-refractivity contribution is 5.75. The first-order valence-electron chi connectivity index (χ1n) is 12.0. The van der Waals surface area contributed by atoms with E-state index in [4.69, 9.17) is 4.98 Å². The molecule has 0 saturated heterocycles. The van der Waals surface area contributed by atoms with E-state index in [1.165, 1.54) is 0 Å². The SMILES string of the molecule is OCc1ccccc1-c1cn2c(-c3ccc(CNC4CC4)c(F)c3)cnc2c(NCc2ccn[nH]2)n1. The molecule has 0 aliphatic heterocycles. The predicted octanol–water partition coefficient (Wildman–Crippen LogP) is 4.28. The van der Waals surface area contributed by atoms with Crippen molar-refractivity contribution in [3.63, 3.8) is 0 Å². The predicted molar refractivity (Wildman–Crippen MR) is 136 cm³/mol. The minimum Gasteiger partial charge on any atom is -0.392 e. The van der Waals surface area contributed by atoms with Crippen molar-refractivity contribution >= 4 is 11.5 Å². The van der Waals surface area contributed by atoms with E-state index in [0.717, 1.165) is 40.9 Å². The fourth-order valence-electron chi connectivity index (χ4n) is 4.31. The second-order valence-corrected chi connectivity index (χ2v) is 9.02. The van der Waals surface area contributed by atoms with Gasteiger partial charge in [-0.15, -0.1) is 0 Å². The summed E-state index contributed by atoms with van der Waals surface area (Å²) in [5.74, 6) is 0.333. The number of fused-ring (bicyclic) bond motifs is 1. The molecule has 0 unspecified atom stereocenters. The molecule has 0 amide bonds. The van der Waals surface area contributed by atoms with Gasteiger partial charge in [-0.1, -0.05) is 36.4 Å². The Hall–Kier alpha value is -4.08. The Morgan fingerprint density at radius 1 is 1.08 bits per heavy atom. The zero-order valence-corrected chi connectivity index (χ0v) is 19.6. The van der Waals surface area contributed by atoms with Crippen LogP contribution in [0.3, 0.4) is 0 Å². The smallest absolute Gasteiger partial charge is 0.180 e. The molecule has 3 heterocycles. The molecule has 0 bridgehead atoms. The van der Waals surface area contributed by atoms with E-state index in [-0.39, 0.29) is 12.4 Å². The maximum Gasteiger partial charge on any atom is 0.180 e. The molecule has 2 aromatic carbocycles. The van der Waals surface area contributed by atoms with Crippen molar-refractivity contribution in [1.82, 2.24) is 29.9 Å². The van der Waals surface area contributed by atoms with E-state index >= 15 is 0 Å². The Labute approximate surface area is 207 Å². The van der Waals surface area contributed by atoms with Gasteiger partial charge in [-0.2, -0.15) is 5.10 Å². The fraction of sp³-hybridized carbons (Fsp3) is 0.222. The Balaban J connectivity index is 1.42. The number of imidazole rings is 1. The van der Waals surface area contributed by atoms with Crippen LogP contribution in [0.15, 0.2) is 67.1 Å². The highest BCUT2D eigenvalue weighted by Crippen LogP contribution is 2.30. The van der Waals surface area contributed by atoms with Crippen LogP contribution < -0.4 is 10.6 Å². The monoisotopic (exact) mass is 483 g/mol. The van der Waals surface area contributed by atoms with Gasteiger partial charge in [0.2, 0.25) is 0 Å². The third kappa shape index (κ3) is 4.46. The molecule has 8 nitrogen and oxygen atoms in total. The van der Waals surface area contributed by atoms with Gasteiger partial charge in [0.05, 0.1) is 36.4 Å². The van der Waals surface area contributed by atoms with Crippen molar-refractivity contribution < 1.29 is 9.50 Å². The molecule has 9 heteroatoms. The van der Waals surface area contributed by atoms with E-state index < -0.39 is 0 Å². The number of aliphatic hydroxyl groups excluding tert-OH is 1. The highest BCUT2D eigenvalue weighted by Gasteiger charge is 2.21. The Kier molecular flexibility index (Phi) is 5.92. The molecule has 6 rings (SSSR count). The van der Waals surface area contributed by atoms with Gasteiger partial charge in [0.15, 0.2) is 11.5 Å². The van der Waals surface area contributed by atoms with E-state index in [1.807, 2.05) is 53.1 Å². The number of H-pyrrole nitrogens is 1. The summed E-state index contributed by atoms with van der Waals surface area (Å²) >= 11 is 0. The first-order valence-corrected chi connectivity index (χ1v) is 12.0. The van der Waals surface area contributed by atoms with Gasteiger partial charge in [-0.3, -0.25) is 9.50 Å². The molecule has 36 heavy (non-hydrogen) atoms. The normalized spacial score (nSPS) is 13.4. The fourth-order valence-corrected chi connectivity index (χ4v) is 4.31. The van der Waals surface area contributed by atoms with Gasteiger partial charge in [0, 0.05) is 41.7 Å². The molecule has 1 aliphatic carbocycles. The zero-order valence-electron chi connectivity index (χ0n) is 19.6. The lowest BCUT2D eigenvalue weighted by Gasteiger charge is -2.13. The first kappa shape index (κ1) is 22.4. The first-order chi connectivity index (χ1) is 17.7. The highest BCUT2D eigenvalue weighted by atomic mass is 19.1. The number of nitrogens with one attached hydrogen (secondary N) is 3. The second-order valence-electron chi connectivity index (χ2n) is 9.02. The Morgan fingerprint density at radius 3 is 2.75 bits per heavy atom. The average Bonchev–Trinajstić information content (AvgIpc) is 3.40. The van der Waals surface area contributed by atoms with Crippen molar-refractivity contribution in [3.05, 3.63) is 89.8 Å². The summed E-state index contributed by atoms with van der Waals surface area (Å²) < 4.78 is 16.9. The minimum atomic E-state index is -0.243. The number of anilines is 1. The molecule has 1 saturated carbocycles. The van der Waals surface area contributed by atoms with Gasteiger partial charge in [0.25, 0.3) is 0 Å². The molecule has 3 aromatic heterocycles. The van der Waals surface area contributed by atoms with Crippen molar-refractivity contribution in [3.8, 4) is 22.5 Å². The number of aromatic amines is 1. The van der Waals surface area contributed by atoms with Crippen LogP contribution in [0.5, 0.6) is 0 Å². The lowest BCUT2D eigenvalue weighted by molar-refractivity contribution is 0.282. The standard InChI is InChI=1S/C27H26FN7O/c28-23-11-17(5-6-18(23)12-29-20-7-8-20)25-14-31-27-26(30-13-21-9-10-32-34-21)33-24(15-35(25)27)22-4-2-1-3-19(22)16-36/h1-6,9-11,14-15,20,29,36H,7-8,12-13,16H2,(H,30,33)(H,32,34). The van der Waals surface area contributed by atoms with Gasteiger partial charge < -0.3 is 15.7 Å². The van der Waals surface area contributed by atoms with E-state index in [0.29, 0.717) is 41.9 Å². The van der Waals surface area contributed by atoms with Crippen LogP contribution in [0.1, 0.15) is 29.7 Å². The molecule has 0 spiro atoms. The number of rotatable bonds is 9. The third-order valence-corrected chi connectivity index (χ3v) is 6.47. The number of nitrogens with zero attached hydrogens (tertiary/aromatic N) is 4. The minimum absolute atomic E-state index is 0.106. The zero-order chi connectivity index (χ0) is 24.5. The van der Waals surface area contributed by atoms with Crippen LogP contribution in [0, 0.1) is 5.82 Å². The Bertz CT molecular complexity index is 1510. The summed E-state index contributed by atoms with van der Waals surface area (Å²) in [6.45, 7) is 0.899. The molecular weight excluding hydrogens is 457 g/mol. The molecule has 4 N–H and O–H groups in total. The van der Waals surface area contributed by atoms with Crippen LogP contribution in [-0.2, 0) is 19.7 Å². The molecule has 1 fully saturated rings. The number of halogens is 1. The van der Waals surface area contributed by atoms with Crippen LogP contribution in [0.25, 0.3) is 28.2 Å². The summed E-state index contributed by atoms with van der Waals surface area (Å²) in [4.78, 5) is 9.46. The van der Waals surface area contributed by atoms with E-state index in [1.54, 1.807) is 18.5 Å². The van der Waals surface area contributed by atoms with Gasteiger partial charge in [0.1, 0.15) is 5.82 Å². The van der Waals surface area contributed by atoms with Gasteiger partial charge in [-0.25, -0.2) is 14.4 Å².